The van der Waals surface area contributed by atoms with Crippen LogP contribution in [0.3, 0.4) is 0 Å². The first-order valence-corrected chi connectivity index (χ1v) is 12.7. The molecule has 0 saturated heterocycles. The molecular formula is C25H27BrN4S. The molecule has 160 valence electrons. The number of anilines is 1. The van der Waals surface area contributed by atoms with Gasteiger partial charge in [0.05, 0.1) is 10.7 Å². The molecule has 3 aromatic rings. The number of fused-ring (bicyclic) bond motifs is 1. The highest BCUT2D eigenvalue weighted by Gasteiger charge is 2.14. The monoisotopic (exact) mass is 494 g/mol. The zero-order valence-corrected chi connectivity index (χ0v) is 20.2. The third-order valence-corrected chi connectivity index (χ3v) is 7.67. The van der Waals surface area contributed by atoms with Crippen LogP contribution in [-0.2, 0) is 19.3 Å². The Morgan fingerprint density at radius 3 is 2.81 bits per heavy atom. The molecule has 0 unspecified atom stereocenters. The fourth-order valence-electron chi connectivity index (χ4n) is 4.34. The van der Waals surface area contributed by atoms with Gasteiger partial charge in [-0.2, -0.15) is 0 Å². The maximum absolute atomic E-state index is 4.96. The van der Waals surface area contributed by atoms with Gasteiger partial charge in [0.25, 0.3) is 0 Å². The molecule has 6 heteroatoms. The summed E-state index contributed by atoms with van der Waals surface area (Å²) in [4.78, 5) is 9.48. The number of guanidine groups is 1. The summed E-state index contributed by atoms with van der Waals surface area (Å²) in [5.74, 6) is 0.864. The van der Waals surface area contributed by atoms with E-state index in [4.69, 9.17) is 4.98 Å². The van der Waals surface area contributed by atoms with E-state index in [1.807, 2.05) is 0 Å². The number of hydrogen-bond acceptors (Lipinski definition) is 5. The minimum atomic E-state index is 0.830. The second-order valence-corrected chi connectivity index (χ2v) is 10.2. The number of thiazole rings is 1. The van der Waals surface area contributed by atoms with Gasteiger partial charge in [-0.3, -0.25) is 4.99 Å². The van der Waals surface area contributed by atoms with Crippen LogP contribution in [0.4, 0.5) is 5.69 Å². The Kier molecular flexibility index (Phi) is 6.10. The van der Waals surface area contributed by atoms with Gasteiger partial charge in [0.2, 0.25) is 0 Å². The van der Waals surface area contributed by atoms with Gasteiger partial charge in [-0.1, -0.05) is 34.1 Å². The van der Waals surface area contributed by atoms with E-state index >= 15 is 0 Å². The summed E-state index contributed by atoms with van der Waals surface area (Å²) >= 11 is 5.52. The van der Waals surface area contributed by atoms with Gasteiger partial charge in [-0.05, 0) is 73.4 Å². The molecule has 2 N–H and O–H groups in total. The molecule has 0 bridgehead atoms. The molecule has 4 nitrogen and oxygen atoms in total. The normalized spacial score (nSPS) is 15.7. The fourth-order valence-corrected chi connectivity index (χ4v) is 5.65. The number of benzene rings is 2. The second-order valence-electron chi connectivity index (χ2n) is 8.39. The van der Waals surface area contributed by atoms with E-state index in [9.17, 15) is 0 Å². The summed E-state index contributed by atoms with van der Waals surface area (Å²) in [5.41, 5.74) is 8.93. The van der Waals surface area contributed by atoms with Gasteiger partial charge in [0, 0.05) is 40.6 Å². The number of halogens is 1. The molecule has 1 aromatic heterocycles. The third-order valence-electron chi connectivity index (χ3n) is 6.08. The van der Waals surface area contributed by atoms with Gasteiger partial charge in [0.15, 0.2) is 5.96 Å². The molecular weight excluding hydrogens is 468 g/mol. The highest BCUT2D eigenvalue weighted by atomic mass is 79.9. The molecule has 1 aliphatic carbocycles. The maximum Gasteiger partial charge on any atom is 0.195 e. The van der Waals surface area contributed by atoms with E-state index in [-0.39, 0.29) is 0 Å². The molecule has 5 rings (SSSR count). The summed E-state index contributed by atoms with van der Waals surface area (Å²) in [6, 6.07) is 11.3. The number of rotatable bonds is 4. The lowest BCUT2D eigenvalue weighted by Gasteiger charge is -2.18. The Morgan fingerprint density at radius 1 is 1.10 bits per heavy atom. The molecule has 2 heterocycles. The number of aromatic nitrogens is 1. The highest BCUT2D eigenvalue weighted by molar-refractivity contribution is 9.10. The van der Waals surface area contributed by atoms with Crippen LogP contribution in [0.25, 0.3) is 11.3 Å². The Bertz CT molecular complexity index is 1130. The van der Waals surface area contributed by atoms with Crippen LogP contribution >= 0.6 is 27.3 Å². The van der Waals surface area contributed by atoms with Crippen molar-refractivity contribution in [2.45, 2.75) is 45.4 Å². The molecule has 1 aliphatic heterocycles. The van der Waals surface area contributed by atoms with Crippen LogP contribution in [0.2, 0.25) is 0 Å². The molecule has 0 fully saturated rings. The van der Waals surface area contributed by atoms with Crippen molar-refractivity contribution in [3.05, 3.63) is 67.4 Å². The molecule has 2 aliphatic rings. The number of aryl methyl sites for hydroxylation is 3. The maximum atomic E-state index is 4.96. The van der Waals surface area contributed by atoms with Crippen LogP contribution in [0.1, 0.15) is 46.5 Å². The van der Waals surface area contributed by atoms with Gasteiger partial charge < -0.3 is 10.6 Å². The predicted octanol–water partition coefficient (Wildman–Crippen LogP) is 6.11. The lowest BCUT2D eigenvalue weighted by Crippen LogP contribution is -2.35. The largest absolute Gasteiger partial charge is 0.356 e. The van der Waals surface area contributed by atoms with Gasteiger partial charge in [-0.15, -0.1) is 11.3 Å². The molecule has 0 amide bonds. The van der Waals surface area contributed by atoms with Crippen molar-refractivity contribution in [1.82, 2.24) is 10.3 Å². The second kappa shape index (κ2) is 9.13. The Morgan fingerprint density at radius 2 is 1.97 bits per heavy atom. The minimum absolute atomic E-state index is 0.830. The zero-order chi connectivity index (χ0) is 21.2. The lowest BCUT2D eigenvalue weighted by molar-refractivity contribution is 0.686. The number of nitrogens with one attached hydrogen (secondary N) is 2. The molecule has 0 atom stereocenters. The van der Waals surface area contributed by atoms with Crippen LogP contribution in [0.5, 0.6) is 0 Å². The smallest absolute Gasteiger partial charge is 0.195 e. The SMILES string of the molecule is Cc1cc(Cc2nc(-c3ccc4c(c3)CCCC4)cs2)c(Br)cc1NC1=NCCCN1. The van der Waals surface area contributed by atoms with E-state index in [0.717, 1.165) is 52.8 Å². The topological polar surface area (TPSA) is 49.3 Å². The van der Waals surface area contributed by atoms with E-state index in [2.05, 4.69) is 74.2 Å². The van der Waals surface area contributed by atoms with Crippen molar-refractivity contribution in [1.29, 1.82) is 0 Å². The van der Waals surface area contributed by atoms with E-state index < -0.39 is 0 Å². The van der Waals surface area contributed by atoms with E-state index in [1.54, 1.807) is 11.3 Å². The number of hydrogen-bond donors (Lipinski definition) is 2. The Labute approximate surface area is 196 Å². The van der Waals surface area contributed by atoms with Crippen molar-refractivity contribution in [2.24, 2.45) is 4.99 Å². The summed E-state index contributed by atoms with van der Waals surface area (Å²) in [6.07, 6.45) is 6.97. The number of aliphatic imine (C=N–C) groups is 1. The lowest BCUT2D eigenvalue weighted by atomic mass is 9.90. The Hall–Kier alpha value is -2.18. The summed E-state index contributed by atoms with van der Waals surface area (Å²) < 4.78 is 1.10. The summed E-state index contributed by atoms with van der Waals surface area (Å²) in [6.45, 7) is 3.99. The third kappa shape index (κ3) is 4.70. The average Bonchev–Trinajstić information content (AvgIpc) is 3.26. The zero-order valence-electron chi connectivity index (χ0n) is 17.8. The van der Waals surface area contributed by atoms with Crippen LogP contribution in [0.15, 0.2) is 45.2 Å². The van der Waals surface area contributed by atoms with Crippen molar-refractivity contribution in [2.75, 3.05) is 18.4 Å². The molecule has 0 saturated carbocycles. The quantitative estimate of drug-likeness (QED) is 0.459. The molecule has 2 aromatic carbocycles. The van der Waals surface area contributed by atoms with Crippen molar-refractivity contribution >= 4 is 38.9 Å². The first-order chi connectivity index (χ1) is 15.2. The number of nitrogens with zero attached hydrogens (tertiary/aromatic N) is 2. The van der Waals surface area contributed by atoms with Gasteiger partial charge in [-0.25, -0.2) is 4.98 Å². The summed E-state index contributed by atoms with van der Waals surface area (Å²) in [5, 5.41) is 10.1. The molecule has 0 radical (unpaired) electrons. The molecule has 31 heavy (non-hydrogen) atoms. The van der Waals surface area contributed by atoms with Gasteiger partial charge in [0.1, 0.15) is 0 Å². The summed E-state index contributed by atoms with van der Waals surface area (Å²) in [7, 11) is 0. The van der Waals surface area contributed by atoms with Crippen LogP contribution < -0.4 is 10.6 Å². The standard InChI is InChI=1S/C25H27BrN4S/c1-16-11-20(21(26)14-22(16)30-25-27-9-4-10-28-25)13-24-29-23(15-31-24)19-8-7-17-5-2-3-6-18(17)12-19/h7-8,11-12,14-15H,2-6,9-10,13H2,1H3,(H2,27,28,30). The average molecular weight is 495 g/mol. The predicted molar refractivity (Wildman–Crippen MR) is 134 cm³/mol. The van der Waals surface area contributed by atoms with Gasteiger partial charge >= 0.3 is 0 Å². The fraction of sp³-hybridized carbons (Fsp3) is 0.360. The van der Waals surface area contributed by atoms with Crippen LogP contribution in [-0.4, -0.2) is 24.0 Å². The van der Waals surface area contributed by atoms with E-state index in [0.29, 0.717) is 0 Å². The first-order valence-electron chi connectivity index (χ1n) is 11.1. The van der Waals surface area contributed by atoms with E-state index in [1.165, 1.54) is 53.5 Å². The highest BCUT2D eigenvalue weighted by Crippen LogP contribution is 2.31. The minimum Gasteiger partial charge on any atom is -0.356 e. The van der Waals surface area contributed by atoms with Crippen LogP contribution in [0, 0.1) is 6.92 Å². The van der Waals surface area contributed by atoms with Crippen molar-refractivity contribution in [3.63, 3.8) is 0 Å². The Balaban J connectivity index is 1.33. The first kappa shape index (κ1) is 20.7. The van der Waals surface area contributed by atoms with Crippen molar-refractivity contribution in [3.8, 4) is 11.3 Å². The molecule has 0 spiro atoms. The van der Waals surface area contributed by atoms with Crippen molar-refractivity contribution < 1.29 is 0 Å².